The fourth-order valence-electron chi connectivity index (χ4n) is 2.90. The maximum Gasteiger partial charge on any atom is 0.243 e. The van der Waals surface area contributed by atoms with Crippen molar-refractivity contribution in [3.63, 3.8) is 0 Å². The van der Waals surface area contributed by atoms with E-state index in [2.05, 4.69) is 24.1 Å². The summed E-state index contributed by atoms with van der Waals surface area (Å²) in [6.45, 7) is 6.02. The number of hydrogen-bond donors (Lipinski definition) is 1. The van der Waals surface area contributed by atoms with Crippen LogP contribution in [0.3, 0.4) is 0 Å². The number of likely N-dealkylation sites (N-methyl/N-ethyl adjacent to an activating group) is 1. The van der Waals surface area contributed by atoms with Crippen LogP contribution in [0.2, 0.25) is 5.02 Å². The summed E-state index contributed by atoms with van der Waals surface area (Å²) < 4.78 is 40.0. The second kappa shape index (κ2) is 9.32. The molecule has 0 spiro atoms. The molecule has 1 N–H and O–H groups in total. The molecule has 1 aliphatic rings. The van der Waals surface area contributed by atoms with Gasteiger partial charge in [-0.3, -0.25) is 4.79 Å². The van der Waals surface area contributed by atoms with Crippen LogP contribution in [0, 0.1) is 11.7 Å². The SMILES string of the molecule is CC(C)N(C)CCNC(=O)C1CCN(S(=O)(=O)c2ccc(F)c(Cl)c2)CC1. The Labute approximate surface area is 165 Å². The third-order valence-corrected chi connectivity index (χ3v) is 7.18. The van der Waals surface area contributed by atoms with Crippen molar-refractivity contribution in [1.82, 2.24) is 14.5 Å². The molecule has 1 amide bonds. The fourth-order valence-corrected chi connectivity index (χ4v) is 4.64. The highest BCUT2D eigenvalue weighted by molar-refractivity contribution is 7.89. The van der Waals surface area contributed by atoms with Crippen molar-refractivity contribution in [3.8, 4) is 0 Å². The molecule has 1 saturated heterocycles. The Morgan fingerprint density at radius 3 is 2.56 bits per heavy atom. The number of rotatable bonds is 7. The van der Waals surface area contributed by atoms with E-state index in [0.29, 0.717) is 25.4 Å². The molecule has 27 heavy (non-hydrogen) atoms. The monoisotopic (exact) mass is 419 g/mol. The molecule has 1 aromatic rings. The van der Waals surface area contributed by atoms with E-state index >= 15 is 0 Å². The van der Waals surface area contributed by atoms with Crippen LogP contribution < -0.4 is 5.32 Å². The number of amides is 1. The summed E-state index contributed by atoms with van der Waals surface area (Å²) in [7, 11) is -1.74. The molecule has 0 unspecified atom stereocenters. The molecule has 1 fully saturated rings. The number of nitrogens with one attached hydrogen (secondary N) is 1. The highest BCUT2D eigenvalue weighted by Gasteiger charge is 2.32. The van der Waals surface area contributed by atoms with Crippen molar-refractivity contribution in [2.24, 2.45) is 5.92 Å². The Morgan fingerprint density at radius 1 is 1.37 bits per heavy atom. The summed E-state index contributed by atoms with van der Waals surface area (Å²) in [6, 6.07) is 3.79. The lowest BCUT2D eigenvalue weighted by Crippen LogP contribution is -2.44. The summed E-state index contributed by atoms with van der Waals surface area (Å²) >= 11 is 5.70. The minimum absolute atomic E-state index is 0.0333. The number of benzene rings is 1. The molecule has 0 radical (unpaired) electrons. The number of carbonyl (C=O) groups excluding carboxylic acids is 1. The molecule has 0 aliphatic carbocycles. The maximum atomic E-state index is 13.3. The fraction of sp³-hybridized carbons (Fsp3) is 0.611. The van der Waals surface area contributed by atoms with Crippen molar-refractivity contribution in [2.75, 3.05) is 33.2 Å². The molecule has 1 heterocycles. The Kier molecular flexibility index (Phi) is 7.62. The number of piperidine rings is 1. The van der Waals surface area contributed by atoms with Gasteiger partial charge in [0.1, 0.15) is 5.82 Å². The van der Waals surface area contributed by atoms with Crippen LogP contribution >= 0.6 is 11.6 Å². The lowest BCUT2D eigenvalue weighted by molar-refractivity contribution is -0.126. The topological polar surface area (TPSA) is 69.7 Å². The summed E-state index contributed by atoms with van der Waals surface area (Å²) in [4.78, 5) is 14.4. The largest absolute Gasteiger partial charge is 0.355 e. The average Bonchev–Trinajstić information content (AvgIpc) is 2.63. The summed E-state index contributed by atoms with van der Waals surface area (Å²) in [5, 5.41) is 2.70. The molecule has 152 valence electrons. The van der Waals surface area contributed by atoms with E-state index < -0.39 is 15.8 Å². The zero-order chi connectivity index (χ0) is 20.2. The molecule has 0 atom stereocenters. The van der Waals surface area contributed by atoms with Crippen molar-refractivity contribution in [1.29, 1.82) is 0 Å². The summed E-state index contributed by atoms with van der Waals surface area (Å²) in [5.41, 5.74) is 0. The average molecular weight is 420 g/mol. The maximum absolute atomic E-state index is 13.3. The van der Waals surface area contributed by atoms with Gasteiger partial charge < -0.3 is 10.2 Å². The number of carbonyl (C=O) groups is 1. The molecular weight excluding hydrogens is 393 g/mol. The molecule has 0 bridgehead atoms. The van der Waals surface area contributed by atoms with Gasteiger partial charge in [-0.2, -0.15) is 4.31 Å². The van der Waals surface area contributed by atoms with Crippen LogP contribution in [-0.2, 0) is 14.8 Å². The second-order valence-electron chi connectivity index (χ2n) is 7.12. The van der Waals surface area contributed by atoms with E-state index in [0.717, 1.165) is 18.7 Å². The number of hydrogen-bond acceptors (Lipinski definition) is 4. The van der Waals surface area contributed by atoms with Gasteiger partial charge in [-0.15, -0.1) is 0 Å². The highest BCUT2D eigenvalue weighted by atomic mass is 35.5. The molecule has 1 aliphatic heterocycles. The molecule has 6 nitrogen and oxygen atoms in total. The van der Waals surface area contributed by atoms with Gasteiger partial charge in [0.2, 0.25) is 15.9 Å². The molecule has 0 saturated carbocycles. The normalized spacial score (nSPS) is 16.9. The van der Waals surface area contributed by atoms with Gasteiger partial charge in [0.25, 0.3) is 0 Å². The predicted molar refractivity (Wildman–Crippen MR) is 104 cm³/mol. The smallest absolute Gasteiger partial charge is 0.243 e. The van der Waals surface area contributed by atoms with Gasteiger partial charge >= 0.3 is 0 Å². The highest BCUT2D eigenvalue weighted by Crippen LogP contribution is 2.26. The van der Waals surface area contributed by atoms with Crippen molar-refractivity contribution >= 4 is 27.5 Å². The van der Waals surface area contributed by atoms with E-state index in [9.17, 15) is 17.6 Å². The lowest BCUT2D eigenvalue weighted by atomic mass is 9.97. The Hall–Kier alpha value is -1.22. The lowest BCUT2D eigenvalue weighted by Gasteiger charge is -2.30. The van der Waals surface area contributed by atoms with E-state index in [-0.39, 0.29) is 34.8 Å². The van der Waals surface area contributed by atoms with Gasteiger partial charge in [0, 0.05) is 38.1 Å². The minimum atomic E-state index is -3.74. The van der Waals surface area contributed by atoms with E-state index in [1.165, 1.54) is 10.4 Å². The first-order valence-electron chi connectivity index (χ1n) is 9.06. The quantitative estimate of drug-likeness (QED) is 0.736. The number of halogens is 2. The van der Waals surface area contributed by atoms with Gasteiger partial charge in [-0.25, -0.2) is 12.8 Å². The predicted octanol–water partition coefficient (Wildman–Crippen LogP) is 2.34. The molecule has 9 heteroatoms. The van der Waals surface area contributed by atoms with Crippen LogP contribution in [0.15, 0.2) is 23.1 Å². The summed E-state index contributed by atoms with van der Waals surface area (Å²) in [5.74, 6) is -0.888. The molecule has 0 aromatic heterocycles. The van der Waals surface area contributed by atoms with Crippen molar-refractivity contribution in [3.05, 3.63) is 29.0 Å². The zero-order valence-electron chi connectivity index (χ0n) is 15.9. The van der Waals surface area contributed by atoms with Crippen LogP contribution in [0.25, 0.3) is 0 Å². The Bertz CT molecular complexity index is 765. The number of sulfonamides is 1. The standard InChI is InChI=1S/C18H27ClFN3O3S/c1-13(2)22(3)11-8-21-18(24)14-6-9-23(10-7-14)27(25,26)15-4-5-17(20)16(19)12-15/h4-5,12-14H,6-11H2,1-3H3,(H,21,24). The molecular formula is C18H27ClFN3O3S. The van der Waals surface area contributed by atoms with E-state index in [1.54, 1.807) is 0 Å². The summed E-state index contributed by atoms with van der Waals surface area (Å²) in [6.07, 6.45) is 0.917. The molecule has 2 rings (SSSR count). The minimum Gasteiger partial charge on any atom is -0.355 e. The first kappa shape index (κ1) is 22.1. The zero-order valence-corrected chi connectivity index (χ0v) is 17.5. The van der Waals surface area contributed by atoms with Crippen molar-refractivity contribution in [2.45, 2.75) is 37.6 Å². The molecule has 1 aromatic carbocycles. The van der Waals surface area contributed by atoms with Crippen molar-refractivity contribution < 1.29 is 17.6 Å². The van der Waals surface area contributed by atoms with Crippen LogP contribution in [0.5, 0.6) is 0 Å². The second-order valence-corrected chi connectivity index (χ2v) is 9.46. The van der Waals surface area contributed by atoms with Gasteiger partial charge in [-0.1, -0.05) is 11.6 Å². The van der Waals surface area contributed by atoms with Gasteiger partial charge in [-0.05, 0) is 51.9 Å². The third kappa shape index (κ3) is 5.63. The van der Waals surface area contributed by atoms with E-state index in [4.69, 9.17) is 11.6 Å². The van der Waals surface area contributed by atoms with Crippen LogP contribution in [0.4, 0.5) is 4.39 Å². The van der Waals surface area contributed by atoms with Gasteiger partial charge in [0.15, 0.2) is 0 Å². The van der Waals surface area contributed by atoms with Crippen LogP contribution in [0.1, 0.15) is 26.7 Å². The Balaban J connectivity index is 1.88. The van der Waals surface area contributed by atoms with E-state index in [1.807, 2.05) is 7.05 Å². The first-order chi connectivity index (χ1) is 12.6. The third-order valence-electron chi connectivity index (χ3n) is 5.00. The number of nitrogens with zero attached hydrogens (tertiary/aromatic N) is 2. The van der Waals surface area contributed by atoms with Crippen LogP contribution in [-0.4, -0.2) is 62.8 Å². The Morgan fingerprint density at radius 2 is 2.00 bits per heavy atom. The van der Waals surface area contributed by atoms with Gasteiger partial charge in [0.05, 0.1) is 9.92 Å². The first-order valence-corrected chi connectivity index (χ1v) is 10.9.